The average Bonchev–Trinajstić information content (AvgIpc) is 2.18. The summed E-state index contributed by atoms with van der Waals surface area (Å²) in [4.78, 5) is 9.61. The van der Waals surface area contributed by atoms with Crippen LogP contribution in [0, 0.1) is 5.82 Å². The number of primary amides is 1. The van der Waals surface area contributed by atoms with Gasteiger partial charge in [-0.25, -0.2) is 22.3 Å². The van der Waals surface area contributed by atoms with Gasteiger partial charge in [-0.1, -0.05) is 11.6 Å². The molecule has 1 aromatic rings. The Hall–Kier alpha value is -1.06. The van der Waals surface area contributed by atoms with E-state index in [9.17, 15) is 17.6 Å². The lowest BCUT2D eigenvalue weighted by atomic mass is 10.3. The van der Waals surface area contributed by atoms with Crippen LogP contribution in [0.2, 0.25) is 5.02 Å². The molecule has 0 aliphatic heterocycles. The third-order valence-corrected chi connectivity index (χ3v) is 4.41. The molecule has 1 aromatic carbocycles. The van der Waals surface area contributed by atoms with Gasteiger partial charge in [-0.3, -0.25) is 0 Å². The Morgan fingerprint density at radius 3 is 2.53 bits per heavy atom. The van der Waals surface area contributed by atoms with Gasteiger partial charge < -0.3 is 11.5 Å². The molecule has 0 radical (unpaired) electrons. The van der Waals surface area contributed by atoms with Crippen molar-refractivity contribution in [3.63, 3.8) is 0 Å². The number of hydrogen-bond acceptors (Lipinski definition) is 4. The van der Waals surface area contributed by atoms with Crippen LogP contribution in [-0.2, 0) is 10.0 Å². The van der Waals surface area contributed by atoms with Crippen molar-refractivity contribution < 1.29 is 17.6 Å². The Labute approximate surface area is 109 Å². The van der Waals surface area contributed by atoms with Crippen LogP contribution in [0.3, 0.4) is 0 Å². The fourth-order valence-corrected chi connectivity index (χ4v) is 2.54. The Kier molecular flexibility index (Phi) is 3.84. The van der Waals surface area contributed by atoms with E-state index in [1.165, 1.54) is 4.72 Å². The van der Waals surface area contributed by atoms with Crippen molar-refractivity contribution in [1.82, 2.24) is 4.72 Å². The smallest absolute Gasteiger partial charge is 0.326 e. The molecular formula is C7H6BrClFN3O3S. The van der Waals surface area contributed by atoms with E-state index >= 15 is 0 Å². The summed E-state index contributed by atoms with van der Waals surface area (Å²) in [5.41, 5.74) is 9.46. The number of nitrogen functional groups attached to an aromatic ring is 1. The Morgan fingerprint density at radius 2 is 2.06 bits per heavy atom. The van der Waals surface area contributed by atoms with Gasteiger partial charge in [-0.2, -0.15) is 0 Å². The normalized spacial score (nSPS) is 11.2. The summed E-state index contributed by atoms with van der Waals surface area (Å²) in [6, 6.07) is -0.537. The zero-order valence-electron chi connectivity index (χ0n) is 8.00. The zero-order chi connectivity index (χ0) is 13.4. The van der Waals surface area contributed by atoms with Gasteiger partial charge in [0.05, 0.1) is 15.2 Å². The maximum Gasteiger partial charge on any atom is 0.326 e. The summed E-state index contributed by atoms with van der Waals surface area (Å²) in [5, 5.41) is -0.117. The van der Waals surface area contributed by atoms with Crippen LogP contribution in [0.5, 0.6) is 0 Å². The fourth-order valence-electron chi connectivity index (χ4n) is 0.983. The molecule has 0 saturated carbocycles. The highest BCUT2D eigenvalue weighted by molar-refractivity contribution is 9.10. The first-order chi connectivity index (χ1) is 7.66. The van der Waals surface area contributed by atoms with E-state index in [2.05, 4.69) is 21.7 Å². The number of rotatable bonds is 2. The lowest BCUT2D eigenvalue weighted by Gasteiger charge is -2.09. The number of nitrogens with two attached hydrogens (primary N) is 2. The summed E-state index contributed by atoms with van der Waals surface area (Å²) in [7, 11) is -4.44. The third-order valence-electron chi connectivity index (χ3n) is 1.68. The van der Waals surface area contributed by atoms with E-state index in [1.54, 1.807) is 0 Å². The highest BCUT2D eigenvalue weighted by Crippen LogP contribution is 2.34. The lowest BCUT2D eigenvalue weighted by molar-refractivity contribution is 0.253. The average molecular weight is 347 g/mol. The molecule has 0 spiro atoms. The summed E-state index contributed by atoms with van der Waals surface area (Å²) < 4.78 is 38.0. The summed E-state index contributed by atoms with van der Waals surface area (Å²) >= 11 is 8.51. The molecule has 0 saturated heterocycles. The molecule has 0 heterocycles. The second-order valence-electron chi connectivity index (χ2n) is 2.87. The number of carbonyl (C=O) groups is 1. The SMILES string of the molecule is NC(=O)NS(=O)(=O)c1cc(Cl)c(Br)c(N)c1F. The van der Waals surface area contributed by atoms with E-state index in [-0.39, 0.29) is 9.50 Å². The minimum Gasteiger partial charge on any atom is -0.395 e. The first-order valence-corrected chi connectivity index (χ1v) is 6.57. The molecule has 0 aromatic heterocycles. The van der Waals surface area contributed by atoms with Crippen molar-refractivity contribution in [2.24, 2.45) is 5.73 Å². The molecule has 1 rings (SSSR count). The maximum absolute atomic E-state index is 13.6. The predicted octanol–water partition coefficient (Wildman–Crippen LogP) is 1.18. The molecule has 17 heavy (non-hydrogen) atoms. The molecule has 5 N–H and O–H groups in total. The minimum absolute atomic E-state index is 0.0229. The molecule has 0 atom stereocenters. The Balaban J connectivity index is 3.48. The number of carbonyl (C=O) groups excluding carboxylic acids is 1. The van der Waals surface area contributed by atoms with Gasteiger partial charge in [-0.05, 0) is 22.0 Å². The molecule has 6 nitrogen and oxygen atoms in total. The fraction of sp³-hybridized carbons (Fsp3) is 0. The van der Waals surface area contributed by atoms with Gasteiger partial charge in [0.2, 0.25) is 0 Å². The Morgan fingerprint density at radius 1 is 1.53 bits per heavy atom. The van der Waals surface area contributed by atoms with Crippen LogP contribution in [-0.4, -0.2) is 14.4 Å². The topological polar surface area (TPSA) is 115 Å². The van der Waals surface area contributed by atoms with Crippen molar-refractivity contribution >= 4 is 49.3 Å². The lowest BCUT2D eigenvalue weighted by Crippen LogP contribution is -2.35. The van der Waals surface area contributed by atoms with Crippen LogP contribution in [0.1, 0.15) is 0 Å². The summed E-state index contributed by atoms with van der Waals surface area (Å²) in [6.45, 7) is 0. The number of sulfonamides is 1. The number of benzene rings is 1. The van der Waals surface area contributed by atoms with Gasteiger partial charge in [0.1, 0.15) is 4.90 Å². The molecule has 10 heteroatoms. The largest absolute Gasteiger partial charge is 0.395 e. The molecule has 0 unspecified atom stereocenters. The molecule has 0 fully saturated rings. The molecule has 0 aliphatic carbocycles. The number of hydrogen-bond donors (Lipinski definition) is 3. The number of anilines is 1. The Bertz CT molecular complexity index is 593. The number of halogens is 3. The monoisotopic (exact) mass is 345 g/mol. The summed E-state index contributed by atoms with van der Waals surface area (Å²) in [6.07, 6.45) is 0. The van der Waals surface area contributed by atoms with Crippen molar-refractivity contribution in [2.75, 3.05) is 5.73 Å². The van der Waals surface area contributed by atoms with Crippen LogP contribution in [0.25, 0.3) is 0 Å². The number of amides is 2. The first-order valence-electron chi connectivity index (χ1n) is 3.92. The standard InChI is InChI=1S/C7H6BrClFN3O3S/c8-4-2(9)1-3(5(10)6(4)11)17(15,16)13-7(12)14/h1H,11H2,(H3,12,13,14). The van der Waals surface area contributed by atoms with E-state index in [1.807, 2.05) is 0 Å². The van der Waals surface area contributed by atoms with Gasteiger partial charge >= 0.3 is 6.03 Å². The second-order valence-corrected chi connectivity index (χ2v) is 5.72. The van der Waals surface area contributed by atoms with Crippen LogP contribution >= 0.6 is 27.5 Å². The second kappa shape index (κ2) is 4.67. The van der Waals surface area contributed by atoms with Crippen LogP contribution < -0.4 is 16.2 Å². The van der Waals surface area contributed by atoms with Crippen molar-refractivity contribution in [3.8, 4) is 0 Å². The molecule has 2 amide bonds. The summed E-state index contributed by atoms with van der Waals surface area (Å²) in [5.74, 6) is -1.23. The predicted molar refractivity (Wildman–Crippen MR) is 63.4 cm³/mol. The number of nitrogens with one attached hydrogen (secondary N) is 1. The molecule has 0 bridgehead atoms. The minimum atomic E-state index is -4.44. The van der Waals surface area contributed by atoms with Crippen molar-refractivity contribution in [2.45, 2.75) is 4.90 Å². The van der Waals surface area contributed by atoms with Crippen molar-refractivity contribution in [1.29, 1.82) is 0 Å². The quantitative estimate of drug-likeness (QED) is 0.551. The van der Waals surface area contributed by atoms with E-state index in [0.717, 1.165) is 6.07 Å². The van der Waals surface area contributed by atoms with Crippen molar-refractivity contribution in [3.05, 3.63) is 21.4 Å². The maximum atomic E-state index is 13.6. The molecular weight excluding hydrogens is 341 g/mol. The van der Waals surface area contributed by atoms with Crippen LogP contribution in [0.15, 0.2) is 15.4 Å². The number of urea groups is 1. The first kappa shape index (κ1) is 14.0. The van der Waals surface area contributed by atoms with Crippen LogP contribution in [0.4, 0.5) is 14.9 Å². The molecule has 94 valence electrons. The third kappa shape index (κ3) is 2.79. The van der Waals surface area contributed by atoms with Gasteiger partial charge in [0.15, 0.2) is 5.82 Å². The van der Waals surface area contributed by atoms with Gasteiger partial charge in [0.25, 0.3) is 10.0 Å². The van der Waals surface area contributed by atoms with E-state index in [4.69, 9.17) is 17.3 Å². The molecule has 0 aliphatic rings. The van der Waals surface area contributed by atoms with E-state index < -0.39 is 32.5 Å². The zero-order valence-corrected chi connectivity index (χ0v) is 11.2. The van der Waals surface area contributed by atoms with E-state index in [0.29, 0.717) is 0 Å². The highest BCUT2D eigenvalue weighted by atomic mass is 79.9. The van der Waals surface area contributed by atoms with Gasteiger partial charge in [-0.15, -0.1) is 0 Å². The van der Waals surface area contributed by atoms with Gasteiger partial charge in [0, 0.05) is 0 Å². The highest BCUT2D eigenvalue weighted by Gasteiger charge is 2.25.